The molecule has 0 fully saturated rings. The summed E-state index contributed by atoms with van der Waals surface area (Å²) in [5.41, 5.74) is 7.51. The molecule has 4 heterocycles. The van der Waals surface area contributed by atoms with Gasteiger partial charge in [0.15, 0.2) is 10.3 Å². The van der Waals surface area contributed by atoms with E-state index in [2.05, 4.69) is 29.9 Å². The monoisotopic (exact) mass is 704 g/mol. The fraction of sp³-hybridized carbons (Fsp3) is 0.314. The maximum atomic E-state index is 12.7. The Bertz CT molecular complexity index is 2060. The van der Waals surface area contributed by atoms with Crippen LogP contribution in [0, 0.1) is 20.8 Å². The van der Waals surface area contributed by atoms with E-state index in [1.807, 2.05) is 69.3 Å². The normalized spacial score (nSPS) is 12.4. The van der Waals surface area contributed by atoms with Gasteiger partial charge in [-0.3, -0.25) is 18.4 Å². The smallest absolute Gasteiger partial charge is 0.197 e. The van der Waals surface area contributed by atoms with Crippen molar-refractivity contribution in [2.45, 2.75) is 49.0 Å². The second-order valence-corrected chi connectivity index (χ2v) is 13.8. The molecule has 258 valence electrons. The maximum Gasteiger partial charge on any atom is 0.197 e. The summed E-state index contributed by atoms with van der Waals surface area (Å²) >= 11 is 0. The van der Waals surface area contributed by atoms with Gasteiger partial charge in [-0.25, -0.2) is 9.97 Å². The number of rotatable bonds is 13. The minimum Gasteiger partial charge on any atom is -0.497 e. The number of methoxy groups -OCH3 is 3. The number of aromatic amines is 2. The molecule has 2 N–H and O–H groups in total. The van der Waals surface area contributed by atoms with Gasteiger partial charge in [-0.1, -0.05) is 12.1 Å². The molecular weight excluding hydrogens is 665 g/mol. The largest absolute Gasteiger partial charge is 0.497 e. The molecule has 12 nitrogen and oxygen atoms in total. The van der Waals surface area contributed by atoms with Gasteiger partial charge in [0.2, 0.25) is 0 Å². The van der Waals surface area contributed by atoms with Crippen LogP contribution in [0.2, 0.25) is 0 Å². The molecule has 0 radical (unpaired) electrons. The number of aryl methyl sites for hydroxylation is 1. The summed E-state index contributed by atoms with van der Waals surface area (Å²) in [4.78, 5) is 23.8. The van der Waals surface area contributed by atoms with Crippen LogP contribution in [0.3, 0.4) is 0 Å². The second kappa shape index (κ2) is 16.6. The number of hydrogen-bond donors (Lipinski definition) is 2. The van der Waals surface area contributed by atoms with E-state index in [0.29, 0.717) is 29.3 Å². The molecule has 2 unspecified atom stereocenters. The van der Waals surface area contributed by atoms with Gasteiger partial charge in [0.25, 0.3) is 0 Å². The molecule has 0 amide bonds. The van der Waals surface area contributed by atoms with Crippen LogP contribution in [0.4, 0.5) is 0 Å². The van der Waals surface area contributed by atoms with Crippen LogP contribution in [0.25, 0.3) is 22.1 Å². The van der Waals surface area contributed by atoms with E-state index in [-0.39, 0.29) is 5.75 Å². The average molecular weight is 705 g/mol. The Balaban J connectivity index is 0.000000191. The van der Waals surface area contributed by atoms with E-state index in [4.69, 9.17) is 18.9 Å². The number of pyridine rings is 2. The summed E-state index contributed by atoms with van der Waals surface area (Å²) < 4.78 is 46.7. The van der Waals surface area contributed by atoms with E-state index in [1.165, 1.54) is 0 Å². The fourth-order valence-electron chi connectivity index (χ4n) is 5.09. The Labute approximate surface area is 289 Å². The number of benzene rings is 2. The Hall–Kier alpha value is -4.66. The van der Waals surface area contributed by atoms with Crippen LogP contribution in [-0.2, 0) is 37.8 Å². The highest BCUT2D eigenvalue weighted by Crippen LogP contribution is 2.27. The number of ether oxygens (including phenoxy) is 4. The fourth-order valence-corrected chi connectivity index (χ4v) is 7.29. The highest BCUT2D eigenvalue weighted by atomic mass is 32.2. The summed E-state index contributed by atoms with van der Waals surface area (Å²) in [5.74, 6) is 2.85. The Morgan fingerprint density at radius 1 is 0.735 bits per heavy atom. The molecule has 0 spiro atoms. The predicted molar refractivity (Wildman–Crippen MR) is 190 cm³/mol. The zero-order valence-electron chi connectivity index (χ0n) is 28.4. The van der Waals surface area contributed by atoms with E-state index in [0.717, 1.165) is 73.8 Å². The van der Waals surface area contributed by atoms with Gasteiger partial charge in [-0.2, -0.15) is 0 Å². The van der Waals surface area contributed by atoms with E-state index < -0.39 is 21.6 Å². The minimum absolute atomic E-state index is 0.277. The zero-order chi connectivity index (χ0) is 34.9. The molecule has 0 aliphatic heterocycles. The van der Waals surface area contributed by atoms with Crippen molar-refractivity contribution >= 4 is 43.7 Å². The van der Waals surface area contributed by atoms with Crippen molar-refractivity contribution in [3.63, 3.8) is 0 Å². The SMILES string of the molecule is COCCCOc1ccnc(CS(=O)c2nc3ccccc3[nH]2)c1C.COc1ccc2nc(S(=O)Cc3ncc(C)c(OC)c3C)[nH]c2c1. The van der Waals surface area contributed by atoms with E-state index >= 15 is 0 Å². The van der Waals surface area contributed by atoms with Crippen LogP contribution >= 0.6 is 0 Å². The molecule has 0 saturated heterocycles. The molecule has 0 aliphatic carbocycles. The first-order chi connectivity index (χ1) is 23.7. The van der Waals surface area contributed by atoms with Crippen molar-refractivity contribution in [3.8, 4) is 17.2 Å². The van der Waals surface area contributed by atoms with Crippen LogP contribution in [0.1, 0.15) is 34.5 Å². The first-order valence-corrected chi connectivity index (χ1v) is 18.2. The quantitative estimate of drug-likeness (QED) is 0.139. The van der Waals surface area contributed by atoms with Gasteiger partial charge in [-0.15, -0.1) is 0 Å². The Kier molecular flexibility index (Phi) is 12.1. The molecule has 0 aliphatic rings. The first kappa shape index (κ1) is 35.6. The molecule has 6 rings (SSSR count). The Morgan fingerprint density at radius 3 is 2.08 bits per heavy atom. The van der Waals surface area contributed by atoms with Crippen LogP contribution in [-0.4, -0.2) is 72.9 Å². The van der Waals surface area contributed by atoms with Crippen LogP contribution < -0.4 is 14.2 Å². The minimum atomic E-state index is -1.33. The second-order valence-electron chi connectivity index (χ2n) is 11.1. The lowest BCUT2D eigenvalue weighted by molar-refractivity contribution is 0.172. The molecule has 4 aromatic heterocycles. The lowest BCUT2D eigenvalue weighted by atomic mass is 10.1. The number of imidazole rings is 2. The third-order valence-corrected chi connectivity index (χ3v) is 10.1. The Morgan fingerprint density at radius 2 is 1.41 bits per heavy atom. The standard InChI is InChI=1S/C18H21N3O3S.C17H19N3O3S/c1-13-16(19-9-8-17(13)24-11-5-10-23-2)12-25(22)18-20-14-6-3-4-7-15(14)21-18;1-10-8-18-15(11(2)16(10)23-4)9-24(21)17-19-13-6-5-12(22-3)7-14(13)20-17/h3-4,6-9H,5,10-12H2,1-2H3,(H,20,21);5-8H,9H2,1-4H3,(H,19,20). The van der Waals surface area contributed by atoms with Gasteiger partial charge in [0.1, 0.15) is 17.2 Å². The molecule has 0 saturated carbocycles. The number of aromatic nitrogens is 6. The third kappa shape index (κ3) is 8.69. The molecule has 0 bridgehead atoms. The number of nitrogens with one attached hydrogen (secondary N) is 2. The van der Waals surface area contributed by atoms with E-state index in [9.17, 15) is 8.42 Å². The number of para-hydroxylation sites is 2. The molecule has 49 heavy (non-hydrogen) atoms. The lowest BCUT2D eigenvalue weighted by Crippen LogP contribution is -2.06. The van der Waals surface area contributed by atoms with Crippen molar-refractivity contribution in [1.82, 2.24) is 29.9 Å². The number of fused-ring (bicyclic) bond motifs is 2. The van der Waals surface area contributed by atoms with Crippen molar-refractivity contribution in [2.75, 3.05) is 34.5 Å². The van der Waals surface area contributed by atoms with Gasteiger partial charge < -0.3 is 28.9 Å². The summed E-state index contributed by atoms with van der Waals surface area (Å²) in [6.45, 7) is 7.03. The van der Waals surface area contributed by atoms with Crippen LogP contribution in [0.5, 0.6) is 17.2 Å². The summed E-state index contributed by atoms with van der Waals surface area (Å²) in [5, 5.41) is 0.896. The molecule has 2 atom stereocenters. The van der Waals surface area contributed by atoms with Crippen molar-refractivity contribution in [1.29, 1.82) is 0 Å². The lowest BCUT2D eigenvalue weighted by Gasteiger charge is -2.11. The maximum absolute atomic E-state index is 12.7. The summed E-state index contributed by atoms with van der Waals surface area (Å²) in [7, 11) is 2.28. The number of hydrogen-bond acceptors (Lipinski definition) is 10. The van der Waals surface area contributed by atoms with Gasteiger partial charge in [0, 0.05) is 55.3 Å². The molecule has 2 aromatic carbocycles. The predicted octanol–water partition coefficient (Wildman–Crippen LogP) is 5.89. The highest BCUT2D eigenvalue weighted by Gasteiger charge is 2.17. The zero-order valence-corrected chi connectivity index (χ0v) is 30.0. The highest BCUT2D eigenvalue weighted by molar-refractivity contribution is 7.84. The first-order valence-electron chi connectivity index (χ1n) is 15.5. The molecule has 14 heteroatoms. The van der Waals surface area contributed by atoms with Gasteiger partial charge in [-0.05, 0) is 51.1 Å². The summed E-state index contributed by atoms with van der Waals surface area (Å²) in [6, 6.07) is 15.0. The van der Waals surface area contributed by atoms with Crippen molar-refractivity contribution in [2.24, 2.45) is 0 Å². The van der Waals surface area contributed by atoms with Crippen molar-refractivity contribution < 1.29 is 27.4 Å². The van der Waals surface area contributed by atoms with Crippen LogP contribution in [0.15, 0.2) is 71.2 Å². The topological polar surface area (TPSA) is 154 Å². The van der Waals surface area contributed by atoms with Crippen molar-refractivity contribution in [3.05, 3.63) is 89.0 Å². The van der Waals surface area contributed by atoms with Gasteiger partial charge in [0.05, 0.1) is 87.4 Å². The number of nitrogens with zero attached hydrogens (tertiary/aromatic N) is 4. The summed E-state index contributed by atoms with van der Waals surface area (Å²) in [6.07, 6.45) is 4.24. The van der Waals surface area contributed by atoms with E-state index in [1.54, 1.807) is 33.7 Å². The molecular formula is C35H40N6O6S2. The molecule has 6 aromatic rings. The third-order valence-electron chi connectivity index (χ3n) is 7.76. The average Bonchev–Trinajstić information content (AvgIpc) is 3.74. The number of H-pyrrole nitrogens is 2. The van der Waals surface area contributed by atoms with Gasteiger partial charge >= 0.3 is 0 Å².